The van der Waals surface area contributed by atoms with Crippen molar-refractivity contribution in [1.29, 1.82) is 0 Å². The first kappa shape index (κ1) is 21.0. The van der Waals surface area contributed by atoms with Gasteiger partial charge in [0.1, 0.15) is 16.2 Å². The summed E-state index contributed by atoms with van der Waals surface area (Å²) in [5.74, 6) is -0.00798. The zero-order valence-electron chi connectivity index (χ0n) is 18.0. The summed E-state index contributed by atoms with van der Waals surface area (Å²) < 4.78 is 6.77. The van der Waals surface area contributed by atoms with Crippen LogP contribution in [0, 0.1) is 6.92 Å². The Kier molecular flexibility index (Phi) is 5.50. The molecule has 0 aliphatic heterocycles. The van der Waals surface area contributed by atoms with E-state index in [9.17, 15) is 9.59 Å². The third kappa shape index (κ3) is 3.79. The van der Waals surface area contributed by atoms with E-state index in [1.807, 2.05) is 67.6 Å². The average Bonchev–Trinajstić information content (AvgIpc) is 3.19. The Labute approximate surface area is 185 Å². The van der Waals surface area contributed by atoms with Gasteiger partial charge < -0.3 is 4.74 Å². The molecule has 4 rings (SSSR count). The van der Waals surface area contributed by atoms with Crippen LogP contribution in [0.25, 0.3) is 32.0 Å². The second kappa shape index (κ2) is 8.12. The molecule has 6 heteroatoms. The molecule has 0 atom stereocenters. The molecule has 0 aliphatic rings. The highest BCUT2D eigenvalue weighted by Gasteiger charge is 2.36. The average molecular weight is 433 g/mol. The number of hydrogen-bond donors (Lipinski definition) is 0. The van der Waals surface area contributed by atoms with Crippen molar-refractivity contribution in [1.82, 2.24) is 9.55 Å². The second-order valence-corrected chi connectivity index (χ2v) is 8.95. The Balaban J connectivity index is 2.03. The third-order valence-corrected chi connectivity index (χ3v) is 6.31. The zero-order valence-corrected chi connectivity index (χ0v) is 18.8. The SMILES string of the molecule is CCOC(=O)C(C)(C)n1c(-c2cccc(C)c2)nc2sc(-c3ccccc3)cc2c1=O. The van der Waals surface area contributed by atoms with E-state index in [0.717, 1.165) is 21.6 Å². The van der Waals surface area contributed by atoms with E-state index >= 15 is 0 Å². The summed E-state index contributed by atoms with van der Waals surface area (Å²) in [6, 6.07) is 19.6. The van der Waals surface area contributed by atoms with E-state index < -0.39 is 11.5 Å². The number of carbonyl (C=O) groups excluding carboxylic acids is 1. The van der Waals surface area contributed by atoms with Crippen molar-refractivity contribution in [3.05, 3.63) is 76.6 Å². The van der Waals surface area contributed by atoms with Crippen LogP contribution in [0.2, 0.25) is 0 Å². The molecule has 0 N–H and O–H groups in total. The molecule has 2 aromatic carbocycles. The molecule has 0 spiro atoms. The Hall–Kier alpha value is -3.25. The molecule has 0 radical (unpaired) electrons. The number of nitrogens with zero attached hydrogens (tertiary/aromatic N) is 2. The van der Waals surface area contributed by atoms with Crippen molar-refractivity contribution in [2.75, 3.05) is 6.61 Å². The maximum atomic E-state index is 13.7. The highest BCUT2D eigenvalue weighted by atomic mass is 32.1. The topological polar surface area (TPSA) is 61.2 Å². The number of ether oxygens (including phenoxy) is 1. The number of rotatable bonds is 5. The lowest BCUT2D eigenvalue weighted by molar-refractivity contribution is -0.152. The number of aromatic nitrogens is 2. The maximum absolute atomic E-state index is 13.7. The lowest BCUT2D eigenvalue weighted by atomic mass is 10.0. The molecule has 0 fully saturated rings. The van der Waals surface area contributed by atoms with Crippen LogP contribution in [0.5, 0.6) is 0 Å². The summed E-state index contributed by atoms with van der Waals surface area (Å²) in [5.41, 5.74) is 1.38. The van der Waals surface area contributed by atoms with Gasteiger partial charge in [-0.05, 0) is 45.4 Å². The number of aryl methyl sites for hydroxylation is 1. The molecular formula is C25H24N2O3S. The quantitative estimate of drug-likeness (QED) is 0.396. The van der Waals surface area contributed by atoms with Gasteiger partial charge in [0, 0.05) is 10.4 Å². The van der Waals surface area contributed by atoms with Gasteiger partial charge in [0.05, 0.1) is 12.0 Å². The van der Waals surface area contributed by atoms with Gasteiger partial charge in [-0.15, -0.1) is 11.3 Å². The van der Waals surface area contributed by atoms with E-state index in [1.165, 1.54) is 15.9 Å². The van der Waals surface area contributed by atoms with Crippen LogP contribution in [-0.2, 0) is 15.1 Å². The van der Waals surface area contributed by atoms with Gasteiger partial charge in [0.15, 0.2) is 0 Å². The van der Waals surface area contributed by atoms with Gasteiger partial charge >= 0.3 is 5.97 Å². The first-order valence-electron chi connectivity index (χ1n) is 10.2. The predicted octanol–water partition coefficient (Wildman–Crippen LogP) is 5.40. The first-order chi connectivity index (χ1) is 14.8. The summed E-state index contributed by atoms with van der Waals surface area (Å²) in [7, 11) is 0. The molecule has 31 heavy (non-hydrogen) atoms. The number of fused-ring (bicyclic) bond motifs is 1. The van der Waals surface area contributed by atoms with Crippen LogP contribution in [-0.4, -0.2) is 22.1 Å². The van der Waals surface area contributed by atoms with Crippen molar-refractivity contribution >= 4 is 27.5 Å². The van der Waals surface area contributed by atoms with Crippen molar-refractivity contribution in [2.45, 2.75) is 33.2 Å². The number of carbonyl (C=O) groups is 1. The van der Waals surface area contributed by atoms with Gasteiger partial charge in [-0.3, -0.25) is 9.36 Å². The molecule has 0 saturated heterocycles. The minimum atomic E-state index is -1.22. The molecular weight excluding hydrogens is 408 g/mol. The van der Waals surface area contributed by atoms with Crippen LogP contribution in [0.15, 0.2) is 65.5 Å². The fourth-order valence-electron chi connectivity index (χ4n) is 3.62. The Morgan fingerprint density at radius 3 is 2.45 bits per heavy atom. The minimum absolute atomic E-state index is 0.239. The molecule has 0 amide bonds. The van der Waals surface area contributed by atoms with E-state index in [2.05, 4.69) is 0 Å². The number of benzene rings is 2. The number of thiophene rings is 1. The summed E-state index contributed by atoms with van der Waals surface area (Å²) in [5, 5.41) is 0.498. The standard InChI is InChI=1S/C25H24N2O3S/c1-5-30-24(29)25(3,4)27-21(18-13-9-10-16(2)14-18)26-22-19(23(27)28)15-20(31-22)17-11-7-6-8-12-17/h6-15H,5H2,1-4H3. The Morgan fingerprint density at radius 2 is 1.77 bits per heavy atom. The van der Waals surface area contributed by atoms with Crippen LogP contribution in [0.3, 0.4) is 0 Å². The zero-order chi connectivity index (χ0) is 22.2. The highest BCUT2D eigenvalue weighted by molar-refractivity contribution is 7.21. The lowest BCUT2D eigenvalue weighted by Crippen LogP contribution is -2.45. The molecule has 0 bridgehead atoms. The highest BCUT2D eigenvalue weighted by Crippen LogP contribution is 2.34. The van der Waals surface area contributed by atoms with Gasteiger partial charge in [-0.1, -0.05) is 54.1 Å². The Bertz CT molecular complexity index is 1320. The smallest absolute Gasteiger partial charge is 0.331 e. The molecule has 158 valence electrons. The number of hydrogen-bond acceptors (Lipinski definition) is 5. The van der Waals surface area contributed by atoms with Crippen molar-refractivity contribution in [3.63, 3.8) is 0 Å². The summed E-state index contributed by atoms with van der Waals surface area (Å²) in [6.45, 7) is 7.38. The van der Waals surface area contributed by atoms with Crippen LogP contribution in [0.1, 0.15) is 26.3 Å². The summed E-state index contributed by atoms with van der Waals surface area (Å²) >= 11 is 1.47. The van der Waals surface area contributed by atoms with Gasteiger partial charge in [-0.2, -0.15) is 0 Å². The van der Waals surface area contributed by atoms with Gasteiger partial charge in [0.2, 0.25) is 0 Å². The normalized spacial score (nSPS) is 11.6. The van der Waals surface area contributed by atoms with Crippen LogP contribution < -0.4 is 5.56 Å². The fourth-order valence-corrected chi connectivity index (χ4v) is 4.65. The van der Waals surface area contributed by atoms with E-state index in [1.54, 1.807) is 20.8 Å². The molecule has 2 heterocycles. The van der Waals surface area contributed by atoms with Crippen molar-refractivity contribution < 1.29 is 9.53 Å². The fraction of sp³-hybridized carbons (Fsp3) is 0.240. The molecule has 5 nitrogen and oxygen atoms in total. The molecule has 4 aromatic rings. The van der Waals surface area contributed by atoms with E-state index in [4.69, 9.17) is 9.72 Å². The van der Waals surface area contributed by atoms with Crippen molar-refractivity contribution in [2.24, 2.45) is 0 Å². The second-order valence-electron chi connectivity index (χ2n) is 7.92. The summed E-state index contributed by atoms with van der Waals surface area (Å²) in [6.07, 6.45) is 0. The summed E-state index contributed by atoms with van der Waals surface area (Å²) in [4.78, 5) is 33.0. The largest absolute Gasteiger partial charge is 0.464 e. The molecule has 0 aliphatic carbocycles. The molecule has 0 saturated carbocycles. The third-order valence-electron chi connectivity index (χ3n) is 5.23. The monoisotopic (exact) mass is 432 g/mol. The van der Waals surface area contributed by atoms with E-state index in [-0.39, 0.29) is 12.2 Å². The van der Waals surface area contributed by atoms with Crippen LogP contribution in [0.4, 0.5) is 0 Å². The minimum Gasteiger partial charge on any atom is -0.464 e. The van der Waals surface area contributed by atoms with E-state index in [0.29, 0.717) is 16.0 Å². The number of esters is 1. The lowest BCUT2D eigenvalue weighted by Gasteiger charge is -2.27. The predicted molar refractivity (Wildman–Crippen MR) is 125 cm³/mol. The maximum Gasteiger partial charge on any atom is 0.331 e. The molecule has 0 unspecified atom stereocenters. The first-order valence-corrected chi connectivity index (χ1v) is 11.0. The van der Waals surface area contributed by atoms with Crippen molar-refractivity contribution in [3.8, 4) is 21.8 Å². The Morgan fingerprint density at radius 1 is 1.06 bits per heavy atom. The molecule has 2 aromatic heterocycles. The van der Waals surface area contributed by atoms with Crippen LogP contribution >= 0.6 is 11.3 Å². The van der Waals surface area contributed by atoms with Gasteiger partial charge in [0.25, 0.3) is 5.56 Å². The van der Waals surface area contributed by atoms with Gasteiger partial charge in [-0.25, -0.2) is 9.78 Å².